The average Bonchev–Trinajstić information content (AvgIpc) is 3.19. The van der Waals surface area contributed by atoms with Gasteiger partial charge in [-0.25, -0.2) is 0 Å². The van der Waals surface area contributed by atoms with Gasteiger partial charge < -0.3 is 9.98 Å². The lowest BCUT2D eigenvalue weighted by atomic mass is 10.0. The topological polar surface area (TPSA) is 62.9 Å². The van der Waals surface area contributed by atoms with Crippen molar-refractivity contribution >= 4 is 57.6 Å². The minimum atomic E-state index is -0.242. The molecule has 6 heteroatoms. The van der Waals surface area contributed by atoms with E-state index in [2.05, 4.69) is 11.5 Å². The molecule has 0 amide bonds. The number of halogens is 1. The maximum Gasteiger partial charge on any atom is 0.206 e. The molecule has 0 aliphatic carbocycles. The van der Waals surface area contributed by atoms with E-state index in [1.54, 1.807) is 11.8 Å². The Morgan fingerprint density at radius 1 is 1.03 bits per heavy atom. The molecule has 0 bridgehead atoms. The molecule has 3 aromatic carbocycles. The molecule has 194 valence electrons. The first-order chi connectivity index (χ1) is 18.3. The van der Waals surface area contributed by atoms with Crippen molar-refractivity contribution in [2.45, 2.75) is 45.1 Å². The zero-order chi connectivity index (χ0) is 27.2. The second kappa shape index (κ2) is 12.4. The number of benzene rings is 3. The Kier molecular flexibility index (Phi) is 9.03. The van der Waals surface area contributed by atoms with Gasteiger partial charge >= 0.3 is 0 Å². The number of rotatable bonds is 11. The molecule has 4 rings (SSSR count). The fourth-order valence-electron chi connectivity index (χ4n) is 4.60. The number of aryl methyl sites for hydroxylation is 3. The first-order valence-electron chi connectivity index (χ1n) is 12.7. The van der Waals surface area contributed by atoms with E-state index in [-0.39, 0.29) is 17.3 Å². The van der Waals surface area contributed by atoms with Crippen LogP contribution in [0.25, 0.3) is 17.0 Å². The summed E-state index contributed by atoms with van der Waals surface area (Å²) in [6.07, 6.45) is 4.64. The standard InChI is InChI=1S/C32H31ClN2O2S/c1-4-35-29(10-7-11-31(36)26-9-6-5-8-21(26)2)22(3)27-20-23(12-17-30(27)35)32(37)28(34)18-19-38-25-15-13-24(33)14-16-25/h5-10,12-17,20,34H,4,11,18-19H2,1-3H3/b10-7-,34-28?. The van der Waals surface area contributed by atoms with Crippen LogP contribution in [0.2, 0.25) is 5.02 Å². The van der Waals surface area contributed by atoms with Crippen molar-refractivity contribution < 1.29 is 9.59 Å². The molecule has 38 heavy (non-hydrogen) atoms. The molecule has 1 N–H and O–H groups in total. The van der Waals surface area contributed by atoms with E-state index in [1.807, 2.05) is 92.7 Å². The van der Waals surface area contributed by atoms with Crippen LogP contribution in [0.3, 0.4) is 0 Å². The Labute approximate surface area is 233 Å². The summed E-state index contributed by atoms with van der Waals surface area (Å²) in [5, 5.41) is 10.0. The molecule has 1 heterocycles. The molecule has 0 atom stereocenters. The molecule has 0 spiro atoms. The van der Waals surface area contributed by atoms with Crippen molar-refractivity contribution in [3.63, 3.8) is 0 Å². The lowest BCUT2D eigenvalue weighted by Gasteiger charge is -2.07. The molecule has 0 radical (unpaired) electrons. The summed E-state index contributed by atoms with van der Waals surface area (Å²) in [5.74, 6) is 0.500. The lowest BCUT2D eigenvalue weighted by Crippen LogP contribution is -2.14. The van der Waals surface area contributed by atoms with E-state index in [4.69, 9.17) is 17.0 Å². The van der Waals surface area contributed by atoms with Crippen molar-refractivity contribution in [3.05, 3.63) is 106 Å². The summed E-state index contributed by atoms with van der Waals surface area (Å²) < 4.78 is 2.20. The van der Waals surface area contributed by atoms with Crippen molar-refractivity contribution in [2.75, 3.05) is 5.75 Å². The van der Waals surface area contributed by atoms with Gasteiger partial charge in [-0.2, -0.15) is 0 Å². The predicted molar refractivity (Wildman–Crippen MR) is 160 cm³/mol. The van der Waals surface area contributed by atoms with Gasteiger partial charge in [0.2, 0.25) is 5.78 Å². The van der Waals surface area contributed by atoms with Crippen LogP contribution in [0, 0.1) is 19.3 Å². The molecular formula is C32H31ClN2O2S. The minimum absolute atomic E-state index is 0.0942. The smallest absolute Gasteiger partial charge is 0.206 e. The Morgan fingerprint density at radius 3 is 2.47 bits per heavy atom. The third-order valence-electron chi connectivity index (χ3n) is 6.68. The van der Waals surface area contributed by atoms with Crippen molar-refractivity contribution in [1.82, 2.24) is 4.57 Å². The van der Waals surface area contributed by atoms with Gasteiger partial charge in [0.25, 0.3) is 0 Å². The van der Waals surface area contributed by atoms with E-state index >= 15 is 0 Å². The zero-order valence-electron chi connectivity index (χ0n) is 21.9. The van der Waals surface area contributed by atoms with E-state index in [1.165, 1.54) is 0 Å². The third-order valence-corrected chi connectivity index (χ3v) is 7.94. The zero-order valence-corrected chi connectivity index (χ0v) is 23.5. The number of carbonyl (C=O) groups excluding carboxylic acids is 2. The highest BCUT2D eigenvalue weighted by Gasteiger charge is 2.17. The second-order valence-electron chi connectivity index (χ2n) is 9.19. The summed E-state index contributed by atoms with van der Waals surface area (Å²) in [6, 6.07) is 20.9. The summed E-state index contributed by atoms with van der Waals surface area (Å²) in [5.41, 5.74) is 5.49. The van der Waals surface area contributed by atoms with Gasteiger partial charge in [0.05, 0.1) is 5.71 Å². The maximum atomic E-state index is 13.0. The molecule has 0 fully saturated rings. The normalized spacial score (nSPS) is 11.4. The third kappa shape index (κ3) is 6.17. The first kappa shape index (κ1) is 27.6. The van der Waals surface area contributed by atoms with Crippen LogP contribution in [-0.4, -0.2) is 27.6 Å². The highest BCUT2D eigenvalue weighted by Crippen LogP contribution is 2.29. The second-order valence-corrected chi connectivity index (χ2v) is 10.8. The highest BCUT2D eigenvalue weighted by molar-refractivity contribution is 7.99. The average molecular weight is 543 g/mol. The number of nitrogens with zero attached hydrogens (tertiary/aromatic N) is 1. The van der Waals surface area contributed by atoms with Crippen LogP contribution in [0.5, 0.6) is 0 Å². The van der Waals surface area contributed by atoms with Crippen LogP contribution in [0.4, 0.5) is 0 Å². The van der Waals surface area contributed by atoms with Gasteiger partial charge in [0.15, 0.2) is 5.78 Å². The molecule has 1 aromatic heterocycles. The summed E-state index contributed by atoms with van der Waals surface area (Å²) >= 11 is 7.54. The molecule has 0 aliphatic rings. The molecule has 0 aliphatic heterocycles. The molecule has 4 aromatic rings. The van der Waals surface area contributed by atoms with Crippen molar-refractivity contribution in [3.8, 4) is 0 Å². The van der Waals surface area contributed by atoms with Crippen LogP contribution in [0.1, 0.15) is 57.3 Å². The van der Waals surface area contributed by atoms with Crippen LogP contribution < -0.4 is 0 Å². The SMILES string of the molecule is CCn1c(/C=C\CC(=O)c2ccccc2C)c(C)c2cc(C(=O)C(=N)CCSc3ccc(Cl)cc3)ccc21. The minimum Gasteiger partial charge on any atom is -0.341 e. The molecule has 0 saturated carbocycles. The summed E-state index contributed by atoms with van der Waals surface area (Å²) in [4.78, 5) is 26.8. The molecule has 0 unspecified atom stereocenters. The number of nitrogens with one attached hydrogen (secondary N) is 1. The quantitative estimate of drug-likeness (QED) is 0.117. The fourth-order valence-corrected chi connectivity index (χ4v) is 5.60. The molecular weight excluding hydrogens is 512 g/mol. The van der Waals surface area contributed by atoms with E-state index in [9.17, 15) is 9.59 Å². The maximum absolute atomic E-state index is 13.0. The number of hydrogen-bond acceptors (Lipinski definition) is 4. The monoisotopic (exact) mass is 542 g/mol. The number of hydrogen-bond donors (Lipinski definition) is 1. The largest absolute Gasteiger partial charge is 0.341 e. The van der Waals surface area contributed by atoms with E-state index in [0.717, 1.165) is 44.7 Å². The Morgan fingerprint density at radius 2 is 1.76 bits per heavy atom. The number of ketones is 2. The Balaban J connectivity index is 1.48. The number of thioether (sulfide) groups is 1. The van der Waals surface area contributed by atoms with Crippen LogP contribution in [0.15, 0.2) is 77.7 Å². The van der Waals surface area contributed by atoms with Crippen molar-refractivity contribution in [2.24, 2.45) is 0 Å². The van der Waals surface area contributed by atoms with Gasteiger partial charge in [-0.1, -0.05) is 41.9 Å². The predicted octanol–water partition coefficient (Wildman–Crippen LogP) is 8.60. The van der Waals surface area contributed by atoms with Gasteiger partial charge in [-0.3, -0.25) is 9.59 Å². The Hall–Kier alpha value is -3.41. The fraction of sp³-hybridized carbons (Fsp3) is 0.219. The number of carbonyl (C=O) groups is 2. The molecule has 4 nitrogen and oxygen atoms in total. The van der Waals surface area contributed by atoms with Crippen molar-refractivity contribution in [1.29, 1.82) is 5.41 Å². The molecule has 0 saturated heterocycles. The Bertz CT molecular complexity index is 1530. The number of aromatic nitrogens is 1. The summed E-state index contributed by atoms with van der Waals surface area (Å²) in [6.45, 7) is 6.84. The van der Waals surface area contributed by atoms with Gasteiger partial charge in [-0.15, -0.1) is 11.8 Å². The number of fused-ring (bicyclic) bond motifs is 1. The van der Waals surface area contributed by atoms with E-state index in [0.29, 0.717) is 29.2 Å². The van der Waals surface area contributed by atoms with Crippen LogP contribution >= 0.6 is 23.4 Å². The lowest BCUT2D eigenvalue weighted by molar-refractivity contribution is 0.0994. The van der Waals surface area contributed by atoms with Crippen LogP contribution in [-0.2, 0) is 6.54 Å². The van der Waals surface area contributed by atoms with Gasteiger partial charge in [0, 0.05) is 62.8 Å². The summed E-state index contributed by atoms with van der Waals surface area (Å²) in [7, 11) is 0. The number of allylic oxidation sites excluding steroid dienone is 1. The first-order valence-corrected chi connectivity index (χ1v) is 14.0. The van der Waals surface area contributed by atoms with Gasteiger partial charge in [0.1, 0.15) is 0 Å². The van der Waals surface area contributed by atoms with Gasteiger partial charge in [-0.05, 0) is 80.4 Å². The highest BCUT2D eigenvalue weighted by atomic mass is 35.5. The van der Waals surface area contributed by atoms with E-state index < -0.39 is 0 Å². The number of Topliss-reactive ketones (excluding diaryl/α,β-unsaturated/α-hetero) is 2.